The molecule has 27 heavy (non-hydrogen) atoms. The molecule has 0 aliphatic carbocycles. The van der Waals surface area contributed by atoms with Gasteiger partial charge in [-0.1, -0.05) is 25.1 Å². The van der Waals surface area contributed by atoms with Crippen LogP contribution in [0.15, 0.2) is 65.9 Å². The highest BCUT2D eigenvalue weighted by molar-refractivity contribution is 5.98. The van der Waals surface area contributed by atoms with E-state index >= 15 is 0 Å². The minimum atomic E-state index is 0.710. The normalized spacial score (nSPS) is 11.3. The molecule has 0 aliphatic rings. The van der Waals surface area contributed by atoms with Crippen LogP contribution in [0.2, 0.25) is 0 Å². The lowest BCUT2D eigenvalue weighted by Crippen LogP contribution is -1.97. The minimum Gasteiger partial charge on any atom is -0.497 e. The molecule has 0 fully saturated rings. The molecule has 5 heteroatoms. The van der Waals surface area contributed by atoms with E-state index in [-0.39, 0.29) is 0 Å². The minimum absolute atomic E-state index is 0.710. The van der Waals surface area contributed by atoms with Crippen LogP contribution in [0.5, 0.6) is 5.75 Å². The smallest absolute Gasteiger partial charge is 0.147 e. The van der Waals surface area contributed by atoms with Gasteiger partial charge in [0.15, 0.2) is 0 Å². The Bertz CT molecular complexity index is 1130. The fourth-order valence-electron chi connectivity index (χ4n) is 3.16. The van der Waals surface area contributed by atoms with Crippen molar-refractivity contribution >= 4 is 33.8 Å². The molecule has 4 aromatic rings. The molecule has 0 atom stereocenters. The van der Waals surface area contributed by atoms with Crippen LogP contribution in [-0.4, -0.2) is 23.3 Å². The number of para-hydroxylation sites is 1. The molecule has 0 unspecified atom stereocenters. The lowest BCUT2D eigenvalue weighted by atomic mass is 10.1. The zero-order chi connectivity index (χ0) is 18.6. The molecule has 2 aromatic carbocycles. The third-order valence-electron chi connectivity index (χ3n) is 4.55. The molecule has 0 radical (unpaired) electrons. The number of fused-ring (bicyclic) bond motifs is 2. The summed E-state index contributed by atoms with van der Waals surface area (Å²) in [7, 11) is 1.66. The first kappa shape index (κ1) is 17.0. The van der Waals surface area contributed by atoms with Crippen LogP contribution in [-0.2, 0) is 6.42 Å². The fourth-order valence-corrected chi connectivity index (χ4v) is 3.16. The maximum absolute atomic E-state index is 5.32. The molecule has 0 amide bonds. The molecule has 5 nitrogen and oxygen atoms in total. The highest BCUT2D eigenvalue weighted by Gasteiger charge is 2.06. The molecule has 2 aromatic heterocycles. The Balaban J connectivity index is 1.65. The van der Waals surface area contributed by atoms with Crippen LogP contribution < -0.4 is 10.2 Å². The van der Waals surface area contributed by atoms with E-state index < -0.39 is 0 Å². The van der Waals surface area contributed by atoms with Gasteiger partial charge in [-0.25, -0.2) is 4.98 Å². The Labute approximate surface area is 157 Å². The Morgan fingerprint density at radius 3 is 2.78 bits per heavy atom. The number of nitrogens with one attached hydrogen (secondary N) is 1. The SMILES string of the molecule is CCc1cc(N/N=C/c2ccnc3ccccc23)nc2cc(OC)ccc12. The van der Waals surface area contributed by atoms with E-state index in [9.17, 15) is 0 Å². The van der Waals surface area contributed by atoms with Gasteiger partial charge in [0.25, 0.3) is 0 Å². The molecule has 4 rings (SSSR count). The van der Waals surface area contributed by atoms with E-state index in [0.29, 0.717) is 5.82 Å². The van der Waals surface area contributed by atoms with Crippen molar-refractivity contribution in [3.05, 3.63) is 71.9 Å². The molecule has 1 N–H and O–H groups in total. The summed E-state index contributed by atoms with van der Waals surface area (Å²) in [5.41, 5.74) is 7.12. The zero-order valence-electron chi connectivity index (χ0n) is 15.3. The lowest BCUT2D eigenvalue weighted by molar-refractivity contribution is 0.415. The number of benzene rings is 2. The number of anilines is 1. The van der Waals surface area contributed by atoms with Crippen molar-refractivity contribution in [3.63, 3.8) is 0 Å². The van der Waals surface area contributed by atoms with Gasteiger partial charge in [0.2, 0.25) is 0 Å². The Kier molecular flexibility index (Phi) is 4.66. The van der Waals surface area contributed by atoms with Gasteiger partial charge in [-0.2, -0.15) is 5.10 Å². The van der Waals surface area contributed by atoms with Crippen molar-refractivity contribution in [2.75, 3.05) is 12.5 Å². The van der Waals surface area contributed by atoms with Crippen molar-refractivity contribution in [2.24, 2.45) is 5.10 Å². The zero-order valence-corrected chi connectivity index (χ0v) is 15.3. The van der Waals surface area contributed by atoms with Gasteiger partial charge in [0.1, 0.15) is 11.6 Å². The molecular weight excluding hydrogens is 336 g/mol. The average molecular weight is 356 g/mol. The van der Waals surface area contributed by atoms with Crippen LogP contribution in [0, 0.1) is 0 Å². The quantitative estimate of drug-likeness (QED) is 0.412. The summed E-state index contributed by atoms with van der Waals surface area (Å²) in [6.07, 6.45) is 4.51. The summed E-state index contributed by atoms with van der Waals surface area (Å²) in [6.45, 7) is 2.13. The van der Waals surface area contributed by atoms with E-state index in [1.54, 1.807) is 19.5 Å². The first-order valence-electron chi connectivity index (χ1n) is 8.89. The molecule has 2 heterocycles. The van der Waals surface area contributed by atoms with Gasteiger partial charge in [-0.05, 0) is 42.3 Å². The van der Waals surface area contributed by atoms with E-state index in [4.69, 9.17) is 4.74 Å². The highest BCUT2D eigenvalue weighted by atomic mass is 16.5. The van der Waals surface area contributed by atoms with Gasteiger partial charge in [-0.15, -0.1) is 0 Å². The summed E-state index contributed by atoms with van der Waals surface area (Å²) in [5, 5.41) is 6.59. The summed E-state index contributed by atoms with van der Waals surface area (Å²) in [5.74, 6) is 1.50. The molecule has 0 spiro atoms. The van der Waals surface area contributed by atoms with Crippen LogP contribution in [0.4, 0.5) is 5.82 Å². The second kappa shape index (κ2) is 7.41. The monoisotopic (exact) mass is 356 g/mol. The first-order valence-corrected chi connectivity index (χ1v) is 8.89. The summed E-state index contributed by atoms with van der Waals surface area (Å²) < 4.78 is 5.32. The molecule has 0 bridgehead atoms. The van der Waals surface area contributed by atoms with Crippen molar-refractivity contribution in [1.82, 2.24) is 9.97 Å². The van der Waals surface area contributed by atoms with Gasteiger partial charge in [-0.3, -0.25) is 10.4 Å². The van der Waals surface area contributed by atoms with E-state index in [2.05, 4.69) is 33.5 Å². The number of aryl methyl sites for hydroxylation is 1. The van der Waals surface area contributed by atoms with Crippen LogP contribution in [0.3, 0.4) is 0 Å². The van der Waals surface area contributed by atoms with Gasteiger partial charge in [0.05, 0.1) is 24.4 Å². The van der Waals surface area contributed by atoms with Crippen molar-refractivity contribution < 1.29 is 4.74 Å². The number of hydrogen-bond acceptors (Lipinski definition) is 5. The van der Waals surface area contributed by atoms with Crippen LogP contribution in [0.25, 0.3) is 21.8 Å². The topological polar surface area (TPSA) is 59.4 Å². The molecule has 134 valence electrons. The number of rotatable bonds is 5. The maximum atomic E-state index is 5.32. The number of ether oxygens (including phenoxy) is 1. The Morgan fingerprint density at radius 2 is 1.93 bits per heavy atom. The predicted octanol–water partition coefficient (Wildman–Crippen LogP) is 4.80. The van der Waals surface area contributed by atoms with Gasteiger partial charge < -0.3 is 4.74 Å². The molecular formula is C22H20N4O. The van der Waals surface area contributed by atoms with E-state index in [0.717, 1.165) is 39.5 Å². The third kappa shape index (κ3) is 3.44. The molecule has 0 saturated heterocycles. The fraction of sp³-hybridized carbons (Fsp3) is 0.136. The second-order valence-electron chi connectivity index (χ2n) is 6.19. The summed E-state index contributed by atoms with van der Waals surface area (Å²) in [6, 6.07) is 18.0. The highest BCUT2D eigenvalue weighted by Crippen LogP contribution is 2.25. The number of aromatic nitrogens is 2. The van der Waals surface area contributed by atoms with Crippen LogP contribution in [0.1, 0.15) is 18.1 Å². The third-order valence-corrected chi connectivity index (χ3v) is 4.55. The number of hydrogen-bond donors (Lipinski definition) is 1. The number of methoxy groups -OCH3 is 1. The lowest BCUT2D eigenvalue weighted by Gasteiger charge is -2.09. The number of nitrogens with zero attached hydrogens (tertiary/aromatic N) is 3. The standard InChI is InChI=1S/C22H20N4O/c1-3-15-12-22(25-21-13-17(27-2)8-9-19(15)21)26-24-14-16-10-11-23-20-7-5-4-6-18(16)20/h4-14H,3H2,1-2H3,(H,25,26)/b24-14+. The van der Waals surface area contributed by atoms with Crippen LogP contribution >= 0.6 is 0 Å². The Morgan fingerprint density at radius 1 is 1.04 bits per heavy atom. The Hall–Kier alpha value is -3.47. The van der Waals surface area contributed by atoms with Gasteiger partial charge >= 0.3 is 0 Å². The predicted molar refractivity (Wildman–Crippen MR) is 111 cm³/mol. The van der Waals surface area contributed by atoms with Gasteiger partial charge in [0, 0.05) is 28.6 Å². The average Bonchev–Trinajstić information content (AvgIpc) is 2.72. The summed E-state index contributed by atoms with van der Waals surface area (Å²) in [4.78, 5) is 9.04. The maximum Gasteiger partial charge on any atom is 0.147 e. The number of hydrazone groups is 1. The van der Waals surface area contributed by atoms with E-state index in [1.165, 1.54) is 5.56 Å². The first-order chi connectivity index (χ1) is 13.3. The van der Waals surface area contributed by atoms with Crippen molar-refractivity contribution in [1.29, 1.82) is 0 Å². The molecule has 0 aliphatic heterocycles. The number of pyridine rings is 2. The second-order valence-corrected chi connectivity index (χ2v) is 6.19. The summed E-state index contributed by atoms with van der Waals surface area (Å²) >= 11 is 0. The largest absolute Gasteiger partial charge is 0.497 e. The van der Waals surface area contributed by atoms with E-state index in [1.807, 2.05) is 48.5 Å². The molecule has 0 saturated carbocycles. The van der Waals surface area contributed by atoms with Crippen molar-refractivity contribution in [2.45, 2.75) is 13.3 Å². The van der Waals surface area contributed by atoms with Crippen molar-refractivity contribution in [3.8, 4) is 5.75 Å².